The molecule has 0 unspecified atom stereocenters. The normalized spacial score (nSPS) is 11.1. The molecule has 6 heteroatoms. The minimum atomic E-state index is 0.0767. The molecule has 0 bridgehead atoms. The molecule has 2 aromatic heterocycles. The summed E-state index contributed by atoms with van der Waals surface area (Å²) in [5.74, 6) is 0.837. The van der Waals surface area contributed by atoms with Crippen LogP contribution < -0.4 is 0 Å². The summed E-state index contributed by atoms with van der Waals surface area (Å²) in [7, 11) is 0. The van der Waals surface area contributed by atoms with E-state index in [2.05, 4.69) is 9.97 Å². The van der Waals surface area contributed by atoms with Gasteiger partial charge in [-0.2, -0.15) is 0 Å². The van der Waals surface area contributed by atoms with Crippen molar-refractivity contribution in [2.45, 2.75) is 5.03 Å². The molecule has 0 spiro atoms. The first-order chi connectivity index (χ1) is 7.92. The van der Waals surface area contributed by atoms with Gasteiger partial charge < -0.3 is 9.84 Å². The maximum Gasteiger partial charge on any atom is 0.117 e. The van der Waals surface area contributed by atoms with Gasteiger partial charge in [0.2, 0.25) is 0 Å². The molecule has 0 aliphatic carbocycles. The molecule has 1 N–H and O–H groups in total. The van der Waals surface area contributed by atoms with Crippen molar-refractivity contribution in [2.24, 2.45) is 0 Å². The van der Waals surface area contributed by atoms with Gasteiger partial charge in [-0.05, 0) is 11.4 Å². The van der Waals surface area contributed by atoms with Gasteiger partial charge in [0, 0.05) is 5.75 Å². The van der Waals surface area contributed by atoms with Crippen molar-refractivity contribution in [1.82, 2.24) is 9.97 Å². The fraction of sp³-hybridized carbons (Fsp3) is 0.400. The predicted molar refractivity (Wildman–Crippen MR) is 66.0 cm³/mol. The molecular weight excluding hydrogens is 244 g/mol. The minimum absolute atomic E-state index is 0.0767. The molecule has 86 valence electrons. The molecule has 16 heavy (non-hydrogen) atoms. The maximum absolute atomic E-state index is 8.55. The minimum Gasteiger partial charge on any atom is -0.394 e. The largest absolute Gasteiger partial charge is 0.394 e. The zero-order valence-corrected chi connectivity index (χ0v) is 10.3. The molecule has 0 aromatic carbocycles. The Labute approximate surface area is 102 Å². The molecule has 4 nitrogen and oxygen atoms in total. The number of fused-ring (bicyclic) bond motifs is 1. The fourth-order valence-electron chi connectivity index (χ4n) is 1.23. The zero-order chi connectivity index (χ0) is 11.2. The molecule has 2 aromatic rings. The number of aliphatic hydroxyl groups is 1. The van der Waals surface area contributed by atoms with E-state index in [1.807, 2.05) is 11.4 Å². The lowest BCUT2D eigenvalue weighted by atomic mass is 10.5. The fourth-order valence-corrected chi connectivity index (χ4v) is 3.03. The van der Waals surface area contributed by atoms with Gasteiger partial charge in [0.15, 0.2) is 0 Å². The molecule has 2 rings (SSSR count). The van der Waals surface area contributed by atoms with Crippen molar-refractivity contribution in [2.75, 3.05) is 25.6 Å². The second-order valence-electron chi connectivity index (χ2n) is 3.00. The van der Waals surface area contributed by atoms with Crippen LogP contribution in [0.2, 0.25) is 0 Å². The lowest BCUT2D eigenvalue weighted by Gasteiger charge is -2.02. The van der Waals surface area contributed by atoms with E-state index in [1.165, 1.54) is 0 Å². The topological polar surface area (TPSA) is 55.2 Å². The van der Waals surface area contributed by atoms with Crippen LogP contribution in [0.1, 0.15) is 0 Å². The van der Waals surface area contributed by atoms with E-state index in [9.17, 15) is 0 Å². The van der Waals surface area contributed by atoms with Crippen molar-refractivity contribution in [3.8, 4) is 0 Å². The van der Waals surface area contributed by atoms with Crippen molar-refractivity contribution in [3.05, 3.63) is 17.8 Å². The number of ether oxygens (including phenoxy) is 1. The quantitative estimate of drug-likeness (QED) is 0.485. The van der Waals surface area contributed by atoms with Gasteiger partial charge in [-0.15, -0.1) is 23.1 Å². The van der Waals surface area contributed by atoms with Gasteiger partial charge in [0.1, 0.15) is 11.4 Å². The highest BCUT2D eigenvalue weighted by Crippen LogP contribution is 2.28. The average Bonchev–Trinajstić information content (AvgIpc) is 2.77. The van der Waals surface area contributed by atoms with Gasteiger partial charge in [-0.3, -0.25) is 0 Å². The number of aromatic nitrogens is 2. The highest BCUT2D eigenvalue weighted by molar-refractivity contribution is 7.99. The van der Waals surface area contributed by atoms with Crippen LogP contribution in [0.5, 0.6) is 0 Å². The third-order valence-electron chi connectivity index (χ3n) is 1.91. The van der Waals surface area contributed by atoms with Crippen molar-refractivity contribution in [3.63, 3.8) is 0 Å². The SMILES string of the molecule is OCCOCCSc1ncnc2ccsc12. The van der Waals surface area contributed by atoms with Crippen molar-refractivity contribution in [1.29, 1.82) is 0 Å². The third kappa shape index (κ3) is 2.91. The number of rotatable bonds is 6. The summed E-state index contributed by atoms with van der Waals surface area (Å²) in [6.45, 7) is 1.11. The second-order valence-corrected chi connectivity index (χ2v) is 5.00. The first kappa shape index (κ1) is 11.8. The van der Waals surface area contributed by atoms with Crippen LogP contribution in [0, 0.1) is 0 Å². The Morgan fingerprint density at radius 3 is 3.19 bits per heavy atom. The van der Waals surface area contributed by atoms with E-state index in [1.54, 1.807) is 29.4 Å². The standard InChI is InChI=1S/C10H12N2O2S2/c13-2-3-14-4-6-16-10-9-8(1-5-15-9)11-7-12-10/h1,5,7,13H,2-4,6H2. The monoisotopic (exact) mass is 256 g/mol. The first-order valence-corrected chi connectivity index (χ1v) is 6.78. The third-order valence-corrected chi connectivity index (χ3v) is 3.91. The lowest BCUT2D eigenvalue weighted by molar-refractivity contribution is 0.103. The molecular formula is C10H12N2O2S2. The van der Waals surface area contributed by atoms with Crippen LogP contribution in [0.15, 0.2) is 22.8 Å². The Kier molecular flexibility index (Phi) is 4.53. The van der Waals surface area contributed by atoms with E-state index < -0.39 is 0 Å². The number of hydrogen-bond donors (Lipinski definition) is 1. The van der Waals surface area contributed by atoms with Gasteiger partial charge in [-0.25, -0.2) is 9.97 Å². The summed E-state index contributed by atoms with van der Waals surface area (Å²) in [5, 5.41) is 11.6. The van der Waals surface area contributed by atoms with Crippen LogP contribution in [0.25, 0.3) is 10.2 Å². The number of thioether (sulfide) groups is 1. The van der Waals surface area contributed by atoms with E-state index >= 15 is 0 Å². The van der Waals surface area contributed by atoms with Crippen LogP contribution in [0.4, 0.5) is 0 Å². The number of nitrogens with zero attached hydrogens (tertiary/aromatic N) is 2. The summed E-state index contributed by atoms with van der Waals surface area (Å²) in [6.07, 6.45) is 1.59. The summed E-state index contributed by atoms with van der Waals surface area (Å²) in [6, 6.07) is 1.99. The number of hydrogen-bond acceptors (Lipinski definition) is 6. The van der Waals surface area contributed by atoms with Gasteiger partial charge in [0.05, 0.1) is 30.0 Å². The smallest absolute Gasteiger partial charge is 0.117 e. The molecule has 0 aliphatic rings. The van der Waals surface area contributed by atoms with Crippen LogP contribution in [-0.4, -0.2) is 40.6 Å². The van der Waals surface area contributed by atoms with Crippen LogP contribution in [-0.2, 0) is 4.74 Å². The van der Waals surface area contributed by atoms with Gasteiger partial charge in [-0.1, -0.05) is 0 Å². The molecule has 0 aliphatic heterocycles. The number of thiophene rings is 1. The average molecular weight is 256 g/mol. The Hall–Kier alpha value is -0.690. The van der Waals surface area contributed by atoms with E-state index in [-0.39, 0.29) is 6.61 Å². The molecule has 0 amide bonds. The molecule has 0 atom stereocenters. The Bertz CT molecular complexity index is 447. The zero-order valence-electron chi connectivity index (χ0n) is 8.63. The Balaban J connectivity index is 1.91. The second kappa shape index (κ2) is 6.15. The van der Waals surface area contributed by atoms with Crippen LogP contribution in [0.3, 0.4) is 0 Å². The molecule has 0 saturated carbocycles. The van der Waals surface area contributed by atoms with Crippen molar-refractivity contribution >= 4 is 33.3 Å². The highest BCUT2D eigenvalue weighted by atomic mass is 32.2. The molecule has 0 radical (unpaired) electrons. The first-order valence-electron chi connectivity index (χ1n) is 4.91. The van der Waals surface area contributed by atoms with Crippen molar-refractivity contribution < 1.29 is 9.84 Å². The molecule has 0 fully saturated rings. The van der Waals surface area contributed by atoms with Crippen LogP contribution >= 0.6 is 23.1 Å². The maximum atomic E-state index is 8.55. The molecule has 0 saturated heterocycles. The number of aliphatic hydroxyl groups excluding tert-OH is 1. The van der Waals surface area contributed by atoms with E-state index in [4.69, 9.17) is 9.84 Å². The van der Waals surface area contributed by atoms with E-state index in [0.717, 1.165) is 21.0 Å². The highest BCUT2D eigenvalue weighted by Gasteiger charge is 2.04. The predicted octanol–water partition coefficient (Wildman–Crippen LogP) is 1.79. The summed E-state index contributed by atoms with van der Waals surface area (Å²) >= 11 is 3.31. The molecule has 2 heterocycles. The van der Waals surface area contributed by atoms with Gasteiger partial charge >= 0.3 is 0 Å². The summed E-state index contributed by atoms with van der Waals surface area (Å²) in [5.41, 5.74) is 0.999. The summed E-state index contributed by atoms with van der Waals surface area (Å²) in [4.78, 5) is 8.44. The Morgan fingerprint density at radius 2 is 2.31 bits per heavy atom. The van der Waals surface area contributed by atoms with Gasteiger partial charge in [0.25, 0.3) is 0 Å². The lowest BCUT2D eigenvalue weighted by Crippen LogP contribution is -2.02. The Morgan fingerprint density at radius 1 is 1.38 bits per heavy atom. The summed E-state index contributed by atoms with van der Waals surface area (Å²) < 4.78 is 6.32. The van der Waals surface area contributed by atoms with E-state index in [0.29, 0.717) is 13.2 Å².